The number of carbonyl (C=O) groups is 1. The van der Waals surface area contributed by atoms with Crippen LogP contribution in [-0.4, -0.2) is 22.0 Å². The second-order valence-corrected chi connectivity index (χ2v) is 4.68. The summed E-state index contributed by atoms with van der Waals surface area (Å²) in [7, 11) is 0. The third-order valence-electron chi connectivity index (χ3n) is 2.96. The minimum absolute atomic E-state index is 0. The first kappa shape index (κ1) is 20.7. The Morgan fingerprint density at radius 1 is 0.944 bits per heavy atom. The largest absolute Gasteiger partial charge is 1.00 e. The maximum atomic E-state index is 10.3. The quantitative estimate of drug-likeness (QED) is 0.267. The van der Waals surface area contributed by atoms with Crippen molar-refractivity contribution in [3.63, 3.8) is 0 Å². The molecule has 0 aliphatic heterocycles. The molecule has 0 spiro atoms. The average Bonchev–Trinajstić information content (AvgIpc) is 2.26. The topological polar surface area (TPSA) is 80.6 Å². The van der Waals surface area contributed by atoms with E-state index >= 15 is 0 Å². The molecule has 102 valence electrons. The first-order valence-electron chi connectivity index (χ1n) is 6.67. The van der Waals surface area contributed by atoms with E-state index in [1.807, 2.05) is 0 Å². The van der Waals surface area contributed by atoms with Gasteiger partial charge in [-0.05, 0) is 6.42 Å². The van der Waals surface area contributed by atoms with Crippen molar-refractivity contribution in [1.29, 1.82) is 0 Å². The minimum Gasteiger partial charge on any atom is -0.544 e. The van der Waals surface area contributed by atoms with Crippen LogP contribution in [0.4, 0.5) is 0 Å². The summed E-state index contributed by atoms with van der Waals surface area (Å²) in [5.74, 6) is -4.46. The van der Waals surface area contributed by atoms with Gasteiger partial charge in [-0.2, -0.15) is 0 Å². The fourth-order valence-corrected chi connectivity index (χ4v) is 1.78. The van der Waals surface area contributed by atoms with Crippen LogP contribution in [0.1, 0.15) is 71.1 Å². The van der Waals surface area contributed by atoms with Crippen molar-refractivity contribution in [2.24, 2.45) is 0 Å². The smallest absolute Gasteiger partial charge is 0.544 e. The molecule has 0 saturated heterocycles. The normalized spacial score (nSPS) is 11.1. The Labute approximate surface area is 132 Å². The van der Waals surface area contributed by atoms with Crippen molar-refractivity contribution in [2.75, 3.05) is 0 Å². The zero-order valence-electron chi connectivity index (χ0n) is 11.8. The maximum Gasteiger partial charge on any atom is 1.00 e. The number of unbranched alkanes of at least 4 members (excludes halogenated alkanes) is 8. The Morgan fingerprint density at radius 3 is 1.72 bits per heavy atom. The number of aliphatic carboxylic acids is 1. The van der Waals surface area contributed by atoms with Gasteiger partial charge in [-0.25, -0.2) is 0 Å². The second-order valence-electron chi connectivity index (χ2n) is 4.68. The van der Waals surface area contributed by atoms with Crippen LogP contribution in [0.5, 0.6) is 0 Å². The number of carboxylic acid groups (broad SMARTS) is 1. The van der Waals surface area contributed by atoms with Gasteiger partial charge in [0.2, 0.25) is 5.79 Å². The molecule has 0 heterocycles. The van der Waals surface area contributed by atoms with E-state index < -0.39 is 11.8 Å². The van der Waals surface area contributed by atoms with Crippen molar-refractivity contribution in [3.8, 4) is 0 Å². The van der Waals surface area contributed by atoms with Crippen molar-refractivity contribution in [2.45, 2.75) is 76.9 Å². The molecule has 0 bridgehead atoms. The van der Waals surface area contributed by atoms with E-state index in [-0.39, 0.29) is 36.0 Å². The van der Waals surface area contributed by atoms with Crippen LogP contribution in [-0.2, 0) is 4.79 Å². The van der Waals surface area contributed by atoms with Gasteiger partial charge in [0.15, 0.2) is 0 Å². The monoisotopic (exact) mass is 268 g/mol. The van der Waals surface area contributed by atoms with Crippen LogP contribution in [0.25, 0.3) is 0 Å². The molecule has 0 aromatic carbocycles. The van der Waals surface area contributed by atoms with E-state index in [1.54, 1.807) is 0 Å². The van der Waals surface area contributed by atoms with Crippen LogP contribution in [0.2, 0.25) is 0 Å². The summed E-state index contributed by atoms with van der Waals surface area (Å²) in [6.45, 7) is 2.19. The summed E-state index contributed by atoms with van der Waals surface area (Å²) in [4.78, 5) is 10.3. The van der Waals surface area contributed by atoms with Crippen molar-refractivity contribution >= 4 is 5.97 Å². The second kappa shape index (κ2) is 12.4. The number of carboxylic acids is 1. The predicted molar refractivity (Wildman–Crippen MR) is 64.0 cm³/mol. The van der Waals surface area contributed by atoms with E-state index in [1.165, 1.54) is 32.1 Å². The van der Waals surface area contributed by atoms with E-state index in [0.29, 0.717) is 6.42 Å². The molecule has 0 aliphatic carbocycles. The molecule has 0 atom stereocenters. The van der Waals surface area contributed by atoms with Crippen LogP contribution < -0.4 is 34.7 Å². The van der Waals surface area contributed by atoms with Gasteiger partial charge >= 0.3 is 29.6 Å². The number of aliphatic hydroxyl groups is 2. The molecule has 0 rings (SSSR count). The minimum atomic E-state index is -2.65. The fraction of sp³-hybridized carbons (Fsp3) is 0.923. The fourth-order valence-electron chi connectivity index (χ4n) is 1.78. The summed E-state index contributed by atoms with van der Waals surface area (Å²) in [6, 6.07) is 0. The number of rotatable bonds is 11. The Morgan fingerprint density at radius 2 is 1.33 bits per heavy atom. The number of hydrogen-bond donors (Lipinski definition) is 2. The van der Waals surface area contributed by atoms with Gasteiger partial charge in [0.1, 0.15) is 5.97 Å². The summed E-state index contributed by atoms with van der Waals surface area (Å²) in [6.07, 6.45) is 9.67. The molecule has 0 aromatic heterocycles. The van der Waals surface area contributed by atoms with Gasteiger partial charge < -0.3 is 20.1 Å². The molecule has 0 aliphatic rings. The summed E-state index contributed by atoms with van der Waals surface area (Å²) in [5.41, 5.74) is 0. The Hall–Kier alpha value is 0.390. The number of carbonyl (C=O) groups excluding carboxylic acids is 1. The zero-order valence-corrected chi connectivity index (χ0v) is 13.8. The molecule has 4 nitrogen and oxygen atoms in total. The molecule has 0 radical (unpaired) electrons. The van der Waals surface area contributed by atoms with E-state index in [0.717, 1.165) is 19.3 Å². The van der Waals surface area contributed by atoms with Crippen LogP contribution >= 0.6 is 0 Å². The van der Waals surface area contributed by atoms with Gasteiger partial charge in [-0.1, -0.05) is 58.3 Å². The SMILES string of the molecule is CCCCCCCCCCCC(O)(O)C(=O)[O-].[Na+]. The molecule has 0 saturated carbocycles. The first-order chi connectivity index (χ1) is 8.00. The van der Waals surface area contributed by atoms with E-state index in [9.17, 15) is 9.90 Å². The predicted octanol–water partition coefficient (Wildman–Crippen LogP) is -1.66. The molecule has 18 heavy (non-hydrogen) atoms. The first-order valence-corrected chi connectivity index (χ1v) is 6.67. The van der Waals surface area contributed by atoms with E-state index in [4.69, 9.17) is 10.2 Å². The van der Waals surface area contributed by atoms with Crippen molar-refractivity contribution < 1.29 is 49.7 Å². The standard InChI is InChI=1S/C13H26O4.Na/c1-2-3-4-5-6-7-8-9-10-11-13(16,17)12(14)15;/h16-17H,2-11H2,1H3,(H,14,15);/q;+1/p-1. The molecule has 0 amide bonds. The maximum absolute atomic E-state index is 10.3. The molecule has 5 heteroatoms. The Balaban J connectivity index is 0. The molecule has 0 fully saturated rings. The molecular weight excluding hydrogens is 243 g/mol. The summed E-state index contributed by atoms with van der Waals surface area (Å²) >= 11 is 0. The Bertz CT molecular complexity index is 207. The van der Waals surface area contributed by atoms with E-state index in [2.05, 4.69) is 6.92 Å². The molecule has 0 unspecified atom stereocenters. The summed E-state index contributed by atoms with van der Waals surface area (Å²) in [5, 5.41) is 28.2. The molecular formula is C13H25NaO4. The third-order valence-corrected chi connectivity index (χ3v) is 2.96. The third kappa shape index (κ3) is 11.5. The van der Waals surface area contributed by atoms with Crippen LogP contribution in [0.15, 0.2) is 0 Å². The molecule has 2 N–H and O–H groups in total. The van der Waals surface area contributed by atoms with Crippen molar-refractivity contribution in [3.05, 3.63) is 0 Å². The van der Waals surface area contributed by atoms with Gasteiger partial charge in [0.25, 0.3) is 0 Å². The van der Waals surface area contributed by atoms with Gasteiger partial charge in [-0.3, -0.25) is 0 Å². The van der Waals surface area contributed by atoms with Gasteiger partial charge in [-0.15, -0.1) is 0 Å². The van der Waals surface area contributed by atoms with Gasteiger partial charge in [0.05, 0.1) is 0 Å². The average molecular weight is 268 g/mol. The van der Waals surface area contributed by atoms with Gasteiger partial charge in [0, 0.05) is 6.42 Å². The molecule has 0 aromatic rings. The number of hydrogen-bond acceptors (Lipinski definition) is 4. The van der Waals surface area contributed by atoms with Crippen LogP contribution in [0, 0.1) is 0 Å². The summed E-state index contributed by atoms with van der Waals surface area (Å²) < 4.78 is 0. The zero-order chi connectivity index (χ0) is 13.1. The van der Waals surface area contributed by atoms with Crippen LogP contribution in [0.3, 0.4) is 0 Å². The Kier molecular flexibility index (Phi) is 14.3. The van der Waals surface area contributed by atoms with Crippen molar-refractivity contribution in [1.82, 2.24) is 0 Å².